The maximum atomic E-state index is 12.2. The number of thiophene rings is 1. The number of amides is 1. The highest BCUT2D eigenvalue weighted by Crippen LogP contribution is 2.35. The first-order valence-corrected chi connectivity index (χ1v) is 8.19. The number of carbonyl (C=O) groups is 2. The lowest BCUT2D eigenvalue weighted by Crippen LogP contribution is -2.49. The second-order valence-corrected chi connectivity index (χ2v) is 7.80. The van der Waals surface area contributed by atoms with E-state index in [1.807, 2.05) is 31.4 Å². The highest BCUT2D eigenvalue weighted by molar-refractivity contribution is 7.10. The third kappa shape index (κ3) is 5.67. The van der Waals surface area contributed by atoms with Crippen molar-refractivity contribution in [3.8, 4) is 0 Å². The molecule has 0 radical (unpaired) electrons. The molecule has 0 saturated heterocycles. The van der Waals surface area contributed by atoms with Gasteiger partial charge in [-0.05, 0) is 44.6 Å². The zero-order chi connectivity index (χ0) is 17.0. The summed E-state index contributed by atoms with van der Waals surface area (Å²) in [6.45, 7) is 9.33. The molecule has 0 aliphatic carbocycles. The first-order chi connectivity index (χ1) is 10.0. The molecule has 0 saturated carbocycles. The zero-order valence-electron chi connectivity index (χ0n) is 13.8. The molecule has 6 heteroatoms. The fourth-order valence-corrected chi connectivity index (χ4v) is 3.31. The van der Waals surface area contributed by atoms with Crippen molar-refractivity contribution in [1.82, 2.24) is 5.32 Å². The lowest BCUT2D eigenvalue weighted by atomic mass is 9.84. The van der Waals surface area contributed by atoms with E-state index in [4.69, 9.17) is 4.74 Å². The lowest BCUT2D eigenvalue weighted by Gasteiger charge is -2.35. The summed E-state index contributed by atoms with van der Waals surface area (Å²) >= 11 is 1.44. The Morgan fingerprint density at radius 3 is 2.41 bits per heavy atom. The Kier molecular flexibility index (Phi) is 6.00. The number of ether oxygens (including phenoxy) is 1. The molecule has 1 rings (SSSR count). The Labute approximate surface area is 135 Å². The number of hydrogen-bond donors (Lipinski definition) is 2. The fraction of sp³-hybridized carbons (Fsp3) is 0.625. The molecule has 5 nitrogen and oxygen atoms in total. The summed E-state index contributed by atoms with van der Waals surface area (Å²) in [4.78, 5) is 24.4. The quantitative estimate of drug-likeness (QED) is 0.828. The third-order valence-electron chi connectivity index (χ3n) is 2.94. The van der Waals surface area contributed by atoms with Crippen molar-refractivity contribution in [3.05, 3.63) is 22.4 Å². The predicted octanol–water partition coefficient (Wildman–Crippen LogP) is 3.99. The summed E-state index contributed by atoms with van der Waals surface area (Å²) in [7, 11) is 0. The molecule has 124 valence electrons. The van der Waals surface area contributed by atoms with E-state index in [-0.39, 0.29) is 12.3 Å². The van der Waals surface area contributed by atoms with Gasteiger partial charge < -0.3 is 15.2 Å². The van der Waals surface area contributed by atoms with E-state index < -0.39 is 23.2 Å². The molecule has 0 spiro atoms. The summed E-state index contributed by atoms with van der Waals surface area (Å²) in [5.41, 5.74) is -1.58. The van der Waals surface area contributed by atoms with E-state index in [0.717, 1.165) is 4.88 Å². The lowest BCUT2D eigenvalue weighted by molar-refractivity contribution is -0.139. The largest absolute Gasteiger partial charge is 0.481 e. The average molecular weight is 327 g/mol. The van der Waals surface area contributed by atoms with E-state index in [1.165, 1.54) is 11.3 Å². The molecule has 0 bridgehead atoms. The first-order valence-electron chi connectivity index (χ1n) is 7.31. The van der Waals surface area contributed by atoms with Crippen molar-refractivity contribution in [2.45, 2.75) is 58.6 Å². The van der Waals surface area contributed by atoms with Crippen LogP contribution in [0, 0.1) is 5.92 Å². The van der Waals surface area contributed by atoms with Gasteiger partial charge in [-0.3, -0.25) is 4.79 Å². The van der Waals surface area contributed by atoms with Crippen LogP contribution in [0.15, 0.2) is 17.5 Å². The Balaban J connectivity index is 3.12. The van der Waals surface area contributed by atoms with Crippen LogP contribution in [0.4, 0.5) is 4.79 Å². The van der Waals surface area contributed by atoms with Crippen molar-refractivity contribution in [2.24, 2.45) is 5.92 Å². The smallest absolute Gasteiger partial charge is 0.408 e. The van der Waals surface area contributed by atoms with Gasteiger partial charge in [-0.1, -0.05) is 19.9 Å². The topological polar surface area (TPSA) is 75.6 Å². The van der Waals surface area contributed by atoms with Gasteiger partial charge >= 0.3 is 12.1 Å². The summed E-state index contributed by atoms with van der Waals surface area (Å²) in [5, 5.41) is 14.0. The van der Waals surface area contributed by atoms with Gasteiger partial charge in [0.05, 0.1) is 12.0 Å². The van der Waals surface area contributed by atoms with E-state index in [9.17, 15) is 14.7 Å². The Morgan fingerprint density at radius 1 is 1.36 bits per heavy atom. The Morgan fingerprint density at radius 2 is 2.00 bits per heavy atom. The summed E-state index contributed by atoms with van der Waals surface area (Å²) < 4.78 is 5.32. The number of hydrogen-bond acceptors (Lipinski definition) is 4. The number of carboxylic acids is 1. The van der Waals surface area contributed by atoms with Gasteiger partial charge in [-0.15, -0.1) is 11.3 Å². The van der Waals surface area contributed by atoms with Gasteiger partial charge in [0.15, 0.2) is 0 Å². The molecule has 1 atom stereocenters. The third-order valence-corrected chi connectivity index (χ3v) is 4.02. The van der Waals surface area contributed by atoms with Crippen LogP contribution in [-0.4, -0.2) is 22.8 Å². The molecule has 0 aromatic carbocycles. The fourth-order valence-electron chi connectivity index (χ4n) is 2.42. The minimum atomic E-state index is -0.954. The molecule has 1 aromatic heterocycles. The second kappa shape index (κ2) is 7.13. The molecule has 0 fully saturated rings. The number of alkyl carbamates (subject to hydrolysis) is 1. The standard InChI is InChI=1S/C16H25NO4S/c1-11(2)9-16(10-13(18)19,12-7-6-8-22-12)17-14(20)21-15(3,4)5/h6-8,11H,9-10H2,1-5H3,(H,17,20)(H,18,19)/t16-/m1/s1. The van der Waals surface area contributed by atoms with Gasteiger partial charge in [0.1, 0.15) is 5.60 Å². The Bertz CT molecular complexity index is 505. The van der Waals surface area contributed by atoms with E-state index in [0.29, 0.717) is 6.42 Å². The van der Waals surface area contributed by atoms with Gasteiger partial charge in [0, 0.05) is 4.88 Å². The van der Waals surface area contributed by atoms with Crippen LogP contribution in [-0.2, 0) is 15.1 Å². The number of carbonyl (C=O) groups excluding carboxylic acids is 1. The van der Waals surface area contributed by atoms with Crippen LogP contribution >= 0.6 is 11.3 Å². The highest BCUT2D eigenvalue weighted by Gasteiger charge is 2.39. The molecule has 0 unspecified atom stereocenters. The van der Waals surface area contributed by atoms with Crippen LogP contribution in [0.1, 0.15) is 52.3 Å². The summed E-state index contributed by atoms with van der Waals surface area (Å²) in [6, 6.07) is 3.71. The molecule has 1 amide bonds. The molecular weight excluding hydrogens is 302 g/mol. The van der Waals surface area contributed by atoms with Crippen LogP contribution in [0.25, 0.3) is 0 Å². The molecule has 2 N–H and O–H groups in total. The molecule has 1 heterocycles. The number of carboxylic acid groups (broad SMARTS) is 1. The van der Waals surface area contributed by atoms with Crippen molar-refractivity contribution in [2.75, 3.05) is 0 Å². The zero-order valence-corrected chi connectivity index (χ0v) is 14.6. The number of rotatable bonds is 6. The monoisotopic (exact) mass is 327 g/mol. The maximum Gasteiger partial charge on any atom is 0.408 e. The molecule has 0 aliphatic rings. The maximum absolute atomic E-state index is 12.2. The van der Waals surface area contributed by atoms with Crippen molar-refractivity contribution >= 4 is 23.4 Å². The minimum Gasteiger partial charge on any atom is -0.481 e. The summed E-state index contributed by atoms with van der Waals surface area (Å²) in [5.74, 6) is -0.735. The van der Waals surface area contributed by atoms with Crippen molar-refractivity contribution in [1.29, 1.82) is 0 Å². The average Bonchev–Trinajstić information content (AvgIpc) is 2.76. The molecule has 0 aliphatic heterocycles. The van der Waals surface area contributed by atoms with Crippen molar-refractivity contribution < 1.29 is 19.4 Å². The van der Waals surface area contributed by atoms with Gasteiger partial charge in [-0.2, -0.15) is 0 Å². The Hall–Kier alpha value is -1.56. The number of aliphatic carboxylic acids is 1. The van der Waals surface area contributed by atoms with Crippen LogP contribution in [0.3, 0.4) is 0 Å². The summed E-state index contributed by atoms with van der Waals surface area (Å²) in [6.07, 6.45) is -0.243. The van der Waals surface area contributed by atoms with Crippen molar-refractivity contribution in [3.63, 3.8) is 0 Å². The van der Waals surface area contributed by atoms with Crippen LogP contribution < -0.4 is 5.32 Å². The van der Waals surface area contributed by atoms with E-state index >= 15 is 0 Å². The molecule has 1 aromatic rings. The normalized spacial score (nSPS) is 14.5. The van der Waals surface area contributed by atoms with Crippen LogP contribution in [0.2, 0.25) is 0 Å². The molecule has 22 heavy (non-hydrogen) atoms. The second-order valence-electron chi connectivity index (χ2n) is 6.85. The highest BCUT2D eigenvalue weighted by atomic mass is 32.1. The predicted molar refractivity (Wildman–Crippen MR) is 87.1 cm³/mol. The van der Waals surface area contributed by atoms with E-state index in [2.05, 4.69) is 5.32 Å². The minimum absolute atomic E-state index is 0.176. The SMILES string of the molecule is CC(C)C[C@](CC(=O)O)(NC(=O)OC(C)(C)C)c1cccs1. The first kappa shape index (κ1) is 18.5. The molecular formula is C16H25NO4S. The van der Waals surface area contributed by atoms with Gasteiger partial charge in [0.25, 0.3) is 0 Å². The number of nitrogens with one attached hydrogen (secondary N) is 1. The van der Waals surface area contributed by atoms with Crippen LogP contribution in [0.5, 0.6) is 0 Å². The van der Waals surface area contributed by atoms with E-state index in [1.54, 1.807) is 20.8 Å². The van der Waals surface area contributed by atoms with Gasteiger partial charge in [0.2, 0.25) is 0 Å². The van der Waals surface area contributed by atoms with Gasteiger partial charge in [-0.25, -0.2) is 4.79 Å².